The maximum atomic E-state index is 12.1. The molecule has 1 atom stereocenters. The van der Waals surface area contributed by atoms with Gasteiger partial charge in [0.05, 0.1) is 6.04 Å². The predicted molar refractivity (Wildman–Crippen MR) is 89.7 cm³/mol. The summed E-state index contributed by atoms with van der Waals surface area (Å²) in [5, 5.41) is 0. The molecule has 0 aliphatic carbocycles. The van der Waals surface area contributed by atoms with E-state index < -0.39 is 0 Å². The zero-order valence-electron chi connectivity index (χ0n) is 13.3. The number of likely N-dealkylation sites (tertiary alicyclic amines) is 1. The van der Waals surface area contributed by atoms with E-state index in [1.807, 2.05) is 4.90 Å². The van der Waals surface area contributed by atoms with Crippen molar-refractivity contribution in [3.63, 3.8) is 0 Å². The van der Waals surface area contributed by atoms with Crippen LogP contribution in [0.5, 0.6) is 0 Å². The van der Waals surface area contributed by atoms with E-state index in [9.17, 15) is 4.79 Å². The molecule has 0 saturated carbocycles. The molecule has 3 nitrogen and oxygen atoms in total. The maximum absolute atomic E-state index is 12.1. The summed E-state index contributed by atoms with van der Waals surface area (Å²) in [6.07, 6.45) is 2.60. The lowest BCUT2D eigenvalue weighted by molar-refractivity contribution is -0.131. The predicted octanol–water partition coefficient (Wildman–Crippen LogP) is 3.42. The minimum absolute atomic E-state index is 0. The zero-order valence-corrected chi connectivity index (χ0v) is 14.1. The molecule has 1 fully saturated rings. The van der Waals surface area contributed by atoms with Crippen LogP contribution in [-0.4, -0.2) is 23.9 Å². The normalized spacial score (nSPS) is 18.5. The van der Waals surface area contributed by atoms with Crippen LogP contribution < -0.4 is 5.73 Å². The molecular formula is C17H27ClN2O. The van der Waals surface area contributed by atoms with E-state index >= 15 is 0 Å². The number of carbonyl (C=O) groups is 1. The Balaban J connectivity index is 0.00000220. The molecule has 0 radical (unpaired) electrons. The third-order valence-corrected chi connectivity index (χ3v) is 4.09. The van der Waals surface area contributed by atoms with Crippen LogP contribution in [0.1, 0.15) is 57.2 Å². The molecule has 1 unspecified atom stereocenters. The molecule has 4 heteroatoms. The maximum Gasteiger partial charge on any atom is 0.224 e. The van der Waals surface area contributed by atoms with Gasteiger partial charge in [-0.15, -0.1) is 12.4 Å². The summed E-state index contributed by atoms with van der Waals surface area (Å²) in [5.74, 6) is 0.190. The molecule has 21 heavy (non-hydrogen) atoms. The highest BCUT2D eigenvalue weighted by molar-refractivity contribution is 5.85. The summed E-state index contributed by atoms with van der Waals surface area (Å²) in [5.41, 5.74) is 8.25. The second-order valence-corrected chi connectivity index (χ2v) is 6.66. The van der Waals surface area contributed by atoms with Crippen LogP contribution in [0, 0.1) is 0 Å². The standard InChI is InChI=1S/C17H26N2O.ClH/c1-17(2,3)14-8-6-13(7-9-14)15-5-4-12-19(15)16(20)10-11-18;/h6-9,15H,4-5,10-12,18H2,1-3H3;1H. The van der Waals surface area contributed by atoms with E-state index in [-0.39, 0.29) is 29.8 Å². The molecule has 2 N–H and O–H groups in total. The molecule has 1 aliphatic heterocycles. The van der Waals surface area contributed by atoms with Gasteiger partial charge in [0, 0.05) is 19.5 Å². The number of halogens is 1. The third kappa shape index (κ3) is 4.21. The molecule has 2 rings (SSSR count). The number of hydrogen-bond acceptors (Lipinski definition) is 2. The molecule has 0 aromatic heterocycles. The largest absolute Gasteiger partial charge is 0.336 e. The number of nitrogens with zero attached hydrogens (tertiary/aromatic N) is 1. The molecule has 1 aliphatic rings. The van der Waals surface area contributed by atoms with Crippen LogP contribution in [0.3, 0.4) is 0 Å². The van der Waals surface area contributed by atoms with Crippen molar-refractivity contribution in [3.05, 3.63) is 35.4 Å². The van der Waals surface area contributed by atoms with Crippen molar-refractivity contribution in [2.24, 2.45) is 5.73 Å². The molecule has 1 heterocycles. The van der Waals surface area contributed by atoms with Crippen molar-refractivity contribution >= 4 is 18.3 Å². The molecule has 1 saturated heterocycles. The Morgan fingerprint density at radius 3 is 2.43 bits per heavy atom. The molecule has 1 amide bonds. The highest BCUT2D eigenvalue weighted by Gasteiger charge is 2.29. The Kier molecular flexibility index (Phi) is 6.24. The SMILES string of the molecule is CC(C)(C)c1ccc(C2CCCN2C(=O)CCN)cc1.Cl. The summed E-state index contributed by atoms with van der Waals surface area (Å²) in [6, 6.07) is 8.99. The van der Waals surface area contributed by atoms with Crippen LogP contribution in [-0.2, 0) is 10.2 Å². The van der Waals surface area contributed by atoms with Crippen molar-refractivity contribution < 1.29 is 4.79 Å². The summed E-state index contributed by atoms with van der Waals surface area (Å²) < 4.78 is 0. The number of amides is 1. The number of carbonyl (C=O) groups excluding carboxylic acids is 1. The minimum atomic E-state index is 0. The fourth-order valence-corrected chi connectivity index (χ4v) is 2.88. The second-order valence-electron chi connectivity index (χ2n) is 6.66. The first kappa shape index (κ1) is 18.0. The Labute approximate surface area is 134 Å². The lowest BCUT2D eigenvalue weighted by atomic mass is 9.86. The van der Waals surface area contributed by atoms with Gasteiger partial charge in [0.1, 0.15) is 0 Å². The van der Waals surface area contributed by atoms with E-state index in [1.165, 1.54) is 11.1 Å². The van der Waals surface area contributed by atoms with Gasteiger partial charge in [-0.2, -0.15) is 0 Å². The average molecular weight is 311 g/mol. The van der Waals surface area contributed by atoms with Crippen molar-refractivity contribution in [1.82, 2.24) is 4.90 Å². The first-order valence-corrected chi connectivity index (χ1v) is 7.53. The van der Waals surface area contributed by atoms with E-state index in [4.69, 9.17) is 5.73 Å². The monoisotopic (exact) mass is 310 g/mol. The van der Waals surface area contributed by atoms with Gasteiger partial charge in [-0.25, -0.2) is 0 Å². The van der Waals surface area contributed by atoms with E-state index in [0.29, 0.717) is 13.0 Å². The van der Waals surface area contributed by atoms with Crippen molar-refractivity contribution in [2.45, 2.75) is 51.5 Å². The number of nitrogens with two attached hydrogens (primary N) is 1. The van der Waals surface area contributed by atoms with Crippen LogP contribution in [0.2, 0.25) is 0 Å². The minimum Gasteiger partial charge on any atom is -0.336 e. The van der Waals surface area contributed by atoms with E-state index in [0.717, 1.165) is 19.4 Å². The van der Waals surface area contributed by atoms with Crippen molar-refractivity contribution in [3.8, 4) is 0 Å². The van der Waals surface area contributed by atoms with Gasteiger partial charge in [-0.05, 0) is 29.4 Å². The number of rotatable bonds is 3. The van der Waals surface area contributed by atoms with Crippen LogP contribution in [0.25, 0.3) is 0 Å². The quantitative estimate of drug-likeness (QED) is 0.930. The van der Waals surface area contributed by atoms with Crippen molar-refractivity contribution in [2.75, 3.05) is 13.1 Å². The Hall–Kier alpha value is -1.06. The van der Waals surface area contributed by atoms with Gasteiger partial charge in [-0.1, -0.05) is 45.0 Å². The molecule has 118 valence electrons. The van der Waals surface area contributed by atoms with Gasteiger partial charge in [0.25, 0.3) is 0 Å². The summed E-state index contributed by atoms with van der Waals surface area (Å²) >= 11 is 0. The van der Waals surface area contributed by atoms with Gasteiger partial charge in [0.15, 0.2) is 0 Å². The van der Waals surface area contributed by atoms with Gasteiger partial charge in [-0.3, -0.25) is 4.79 Å². The molecule has 0 spiro atoms. The summed E-state index contributed by atoms with van der Waals surface area (Å²) in [7, 11) is 0. The average Bonchev–Trinajstić information content (AvgIpc) is 2.87. The lowest BCUT2D eigenvalue weighted by Crippen LogP contribution is -2.31. The topological polar surface area (TPSA) is 46.3 Å². The number of benzene rings is 1. The Morgan fingerprint density at radius 2 is 1.90 bits per heavy atom. The molecule has 1 aromatic carbocycles. The van der Waals surface area contributed by atoms with Crippen molar-refractivity contribution in [1.29, 1.82) is 0 Å². The summed E-state index contributed by atoms with van der Waals surface area (Å²) in [6.45, 7) is 7.95. The molecule has 0 bridgehead atoms. The molecule has 1 aromatic rings. The smallest absolute Gasteiger partial charge is 0.224 e. The third-order valence-electron chi connectivity index (χ3n) is 4.09. The summed E-state index contributed by atoms with van der Waals surface area (Å²) in [4.78, 5) is 14.1. The first-order chi connectivity index (χ1) is 9.43. The fraction of sp³-hybridized carbons (Fsp3) is 0.588. The molecular weight excluding hydrogens is 284 g/mol. The highest BCUT2D eigenvalue weighted by atomic mass is 35.5. The lowest BCUT2D eigenvalue weighted by Gasteiger charge is -2.26. The van der Waals surface area contributed by atoms with Crippen LogP contribution in [0.4, 0.5) is 0 Å². The number of hydrogen-bond donors (Lipinski definition) is 1. The fourth-order valence-electron chi connectivity index (χ4n) is 2.88. The van der Waals surface area contributed by atoms with Gasteiger partial charge < -0.3 is 10.6 Å². The van der Waals surface area contributed by atoms with E-state index in [1.54, 1.807) is 0 Å². The van der Waals surface area contributed by atoms with E-state index in [2.05, 4.69) is 45.0 Å². The van der Waals surface area contributed by atoms with Gasteiger partial charge in [0.2, 0.25) is 5.91 Å². The van der Waals surface area contributed by atoms with Crippen LogP contribution >= 0.6 is 12.4 Å². The second kappa shape index (κ2) is 7.28. The zero-order chi connectivity index (χ0) is 14.8. The Morgan fingerprint density at radius 1 is 1.29 bits per heavy atom. The Bertz CT molecular complexity index is 465. The first-order valence-electron chi connectivity index (χ1n) is 7.53. The highest BCUT2D eigenvalue weighted by Crippen LogP contribution is 2.33. The van der Waals surface area contributed by atoms with Crippen LogP contribution in [0.15, 0.2) is 24.3 Å². The van der Waals surface area contributed by atoms with Gasteiger partial charge >= 0.3 is 0 Å².